The molecule has 0 aliphatic carbocycles. The number of amides is 1. The summed E-state index contributed by atoms with van der Waals surface area (Å²) in [5.41, 5.74) is 8.29. The lowest BCUT2D eigenvalue weighted by Crippen LogP contribution is -2.16. The van der Waals surface area contributed by atoms with Gasteiger partial charge in [-0.25, -0.2) is 0 Å². The number of rotatable bonds is 8. The zero-order valence-corrected chi connectivity index (χ0v) is 15.6. The molecule has 2 aromatic rings. The van der Waals surface area contributed by atoms with Crippen molar-refractivity contribution in [3.05, 3.63) is 64.2 Å². The van der Waals surface area contributed by atoms with E-state index in [1.54, 1.807) is 37.3 Å². The number of benzene rings is 2. The minimum atomic E-state index is -0.585. The lowest BCUT2D eigenvalue weighted by molar-refractivity contribution is 0.0997. The molecule has 0 saturated heterocycles. The number of carbonyl (C=O) groups excluding carboxylic acids is 2. The summed E-state index contributed by atoms with van der Waals surface area (Å²) < 4.78 is 10.4. The van der Waals surface area contributed by atoms with Crippen LogP contribution in [0.15, 0.2) is 36.4 Å². The molecule has 0 radical (unpaired) electrons. The highest BCUT2D eigenvalue weighted by molar-refractivity contribution is 6.09. The monoisotopic (exact) mass is 369 g/mol. The first-order valence-corrected chi connectivity index (χ1v) is 8.40. The van der Waals surface area contributed by atoms with E-state index >= 15 is 0 Å². The lowest BCUT2D eigenvalue weighted by atomic mass is 9.94. The number of carbonyl (C=O) groups is 2. The summed E-state index contributed by atoms with van der Waals surface area (Å²) in [6, 6.07) is 8.48. The SMILES string of the molecule is COc1ccc(OC)c(C(=O)C=Cc2ccc(CCO)c(C)c2C(N)=O)c1. The largest absolute Gasteiger partial charge is 0.497 e. The Kier molecular flexibility index (Phi) is 6.73. The number of primary amides is 1. The maximum Gasteiger partial charge on any atom is 0.249 e. The molecule has 0 atom stereocenters. The van der Waals surface area contributed by atoms with Gasteiger partial charge in [-0.2, -0.15) is 0 Å². The van der Waals surface area contributed by atoms with Crippen molar-refractivity contribution >= 4 is 17.8 Å². The van der Waals surface area contributed by atoms with Gasteiger partial charge in [0, 0.05) is 12.2 Å². The van der Waals surface area contributed by atoms with E-state index in [0.717, 1.165) is 5.56 Å². The highest BCUT2D eigenvalue weighted by Gasteiger charge is 2.15. The predicted octanol–water partition coefficient (Wildman–Crippen LogP) is 2.54. The van der Waals surface area contributed by atoms with Gasteiger partial charge in [0.15, 0.2) is 5.78 Å². The van der Waals surface area contributed by atoms with Gasteiger partial charge in [0.1, 0.15) is 11.5 Å². The zero-order chi connectivity index (χ0) is 20.0. The normalized spacial score (nSPS) is 10.8. The van der Waals surface area contributed by atoms with Crippen LogP contribution in [-0.4, -0.2) is 37.6 Å². The van der Waals surface area contributed by atoms with E-state index in [0.29, 0.717) is 40.2 Å². The molecule has 0 spiro atoms. The quantitative estimate of drug-likeness (QED) is 0.550. The van der Waals surface area contributed by atoms with Crippen LogP contribution in [0.25, 0.3) is 6.08 Å². The number of aliphatic hydroxyl groups excluding tert-OH is 1. The van der Waals surface area contributed by atoms with Crippen molar-refractivity contribution in [3.63, 3.8) is 0 Å². The second kappa shape index (κ2) is 9.00. The molecule has 0 heterocycles. The summed E-state index contributed by atoms with van der Waals surface area (Å²) in [5.74, 6) is 0.0845. The molecule has 142 valence electrons. The van der Waals surface area contributed by atoms with E-state index in [-0.39, 0.29) is 12.4 Å². The number of hydrogen-bond acceptors (Lipinski definition) is 5. The van der Waals surface area contributed by atoms with Gasteiger partial charge in [-0.15, -0.1) is 0 Å². The fourth-order valence-corrected chi connectivity index (χ4v) is 2.89. The molecule has 27 heavy (non-hydrogen) atoms. The van der Waals surface area contributed by atoms with Crippen LogP contribution in [0.4, 0.5) is 0 Å². The molecular weight excluding hydrogens is 346 g/mol. The number of ketones is 1. The van der Waals surface area contributed by atoms with Crippen LogP contribution in [-0.2, 0) is 6.42 Å². The van der Waals surface area contributed by atoms with Crippen LogP contribution < -0.4 is 15.2 Å². The molecule has 0 unspecified atom stereocenters. The Morgan fingerprint density at radius 3 is 2.48 bits per heavy atom. The van der Waals surface area contributed by atoms with Crippen LogP contribution in [0, 0.1) is 6.92 Å². The highest BCUT2D eigenvalue weighted by atomic mass is 16.5. The third-order valence-corrected chi connectivity index (χ3v) is 4.32. The summed E-state index contributed by atoms with van der Waals surface area (Å²) in [5, 5.41) is 9.14. The summed E-state index contributed by atoms with van der Waals surface area (Å²) in [4.78, 5) is 24.5. The van der Waals surface area contributed by atoms with Gasteiger partial charge in [0.2, 0.25) is 5.91 Å². The summed E-state index contributed by atoms with van der Waals surface area (Å²) in [6.07, 6.45) is 3.34. The van der Waals surface area contributed by atoms with E-state index in [9.17, 15) is 9.59 Å². The molecule has 0 aliphatic rings. The Morgan fingerprint density at radius 2 is 1.89 bits per heavy atom. The van der Waals surface area contributed by atoms with Crippen LogP contribution in [0.2, 0.25) is 0 Å². The van der Waals surface area contributed by atoms with E-state index in [1.807, 2.05) is 6.07 Å². The van der Waals surface area contributed by atoms with Crippen LogP contribution in [0.3, 0.4) is 0 Å². The van der Waals surface area contributed by atoms with Crippen molar-refractivity contribution in [2.45, 2.75) is 13.3 Å². The lowest BCUT2D eigenvalue weighted by Gasteiger charge is -2.12. The molecule has 2 aromatic carbocycles. The second-order valence-corrected chi connectivity index (χ2v) is 5.92. The molecule has 0 saturated carbocycles. The third-order valence-electron chi connectivity index (χ3n) is 4.32. The minimum Gasteiger partial charge on any atom is -0.497 e. The van der Waals surface area contributed by atoms with Gasteiger partial charge in [0.05, 0.1) is 19.8 Å². The Labute approximate surface area is 158 Å². The first kappa shape index (κ1) is 20.2. The Bertz CT molecular complexity index is 886. The van der Waals surface area contributed by atoms with Crippen molar-refractivity contribution in [2.24, 2.45) is 5.73 Å². The zero-order valence-electron chi connectivity index (χ0n) is 15.6. The summed E-state index contributed by atoms with van der Waals surface area (Å²) in [6.45, 7) is 1.75. The third kappa shape index (κ3) is 4.54. The highest BCUT2D eigenvalue weighted by Crippen LogP contribution is 2.25. The van der Waals surface area contributed by atoms with Crippen LogP contribution in [0.1, 0.15) is 37.4 Å². The van der Waals surface area contributed by atoms with E-state index < -0.39 is 5.91 Å². The van der Waals surface area contributed by atoms with Crippen molar-refractivity contribution in [3.8, 4) is 11.5 Å². The number of hydrogen-bond donors (Lipinski definition) is 2. The average molecular weight is 369 g/mol. The van der Waals surface area contributed by atoms with Gasteiger partial charge in [-0.05, 0) is 54.3 Å². The molecule has 2 rings (SSSR count). The predicted molar refractivity (Wildman–Crippen MR) is 103 cm³/mol. The minimum absolute atomic E-state index is 0.0254. The Morgan fingerprint density at radius 1 is 1.15 bits per heavy atom. The maximum atomic E-state index is 12.6. The fourth-order valence-electron chi connectivity index (χ4n) is 2.89. The fraction of sp³-hybridized carbons (Fsp3) is 0.238. The van der Waals surface area contributed by atoms with Crippen molar-refractivity contribution in [1.29, 1.82) is 0 Å². The first-order chi connectivity index (χ1) is 12.9. The van der Waals surface area contributed by atoms with Crippen LogP contribution in [0.5, 0.6) is 11.5 Å². The molecule has 0 bridgehead atoms. The molecule has 0 aromatic heterocycles. The van der Waals surface area contributed by atoms with Crippen molar-refractivity contribution in [1.82, 2.24) is 0 Å². The Hall–Kier alpha value is -3.12. The molecule has 6 heteroatoms. The van der Waals surface area contributed by atoms with Gasteiger partial charge >= 0.3 is 0 Å². The number of ether oxygens (including phenoxy) is 2. The summed E-state index contributed by atoms with van der Waals surface area (Å²) in [7, 11) is 3.00. The number of methoxy groups -OCH3 is 2. The molecule has 1 amide bonds. The summed E-state index contributed by atoms with van der Waals surface area (Å²) >= 11 is 0. The molecule has 0 fully saturated rings. The average Bonchev–Trinajstić information content (AvgIpc) is 2.67. The molecule has 0 aliphatic heterocycles. The molecule has 3 N–H and O–H groups in total. The van der Waals surface area contributed by atoms with Crippen molar-refractivity contribution in [2.75, 3.05) is 20.8 Å². The Balaban J connectivity index is 2.42. The van der Waals surface area contributed by atoms with E-state index in [1.165, 1.54) is 20.3 Å². The van der Waals surface area contributed by atoms with Crippen LogP contribution >= 0.6 is 0 Å². The first-order valence-electron chi connectivity index (χ1n) is 8.40. The van der Waals surface area contributed by atoms with Gasteiger partial charge in [0.25, 0.3) is 0 Å². The molecule has 6 nitrogen and oxygen atoms in total. The van der Waals surface area contributed by atoms with Gasteiger partial charge in [-0.1, -0.05) is 18.2 Å². The topological polar surface area (TPSA) is 98.8 Å². The van der Waals surface area contributed by atoms with E-state index in [4.69, 9.17) is 20.3 Å². The smallest absolute Gasteiger partial charge is 0.249 e. The number of nitrogens with two attached hydrogens (primary N) is 1. The standard InChI is InChI=1S/C21H23NO5/c1-13-14(10-11-23)4-5-15(20(13)21(22)25)6-8-18(24)17-12-16(26-2)7-9-19(17)27-3/h4-9,12,23H,10-11H2,1-3H3,(H2,22,25). The van der Waals surface area contributed by atoms with Gasteiger partial charge < -0.3 is 20.3 Å². The maximum absolute atomic E-state index is 12.6. The number of aliphatic hydroxyl groups is 1. The second-order valence-electron chi connectivity index (χ2n) is 5.92. The van der Waals surface area contributed by atoms with Crippen molar-refractivity contribution < 1.29 is 24.2 Å². The van der Waals surface area contributed by atoms with E-state index in [2.05, 4.69) is 0 Å². The molecular formula is C21H23NO5. The van der Waals surface area contributed by atoms with Gasteiger partial charge in [-0.3, -0.25) is 9.59 Å². The number of allylic oxidation sites excluding steroid dienone is 1.